The highest BCUT2D eigenvalue weighted by molar-refractivity contribution is 7.53. The summed E-state index contributed by atoms with van der Waals surface area (Å²) in [5, 5.41) is 7.52. The molecule has 1 rings (SSSR count). The van der Waals surface area contributed by atoms with Gasteiger partial charge in [0.1, 0.15) is 0 Å². The highest BCUT2D eigenvalue weighted by Crippen LogP contribution is 2.49. The summed E-state index contributed by atoms with van der Waals surface area (Å²) >= 11 is 0. The Bertz CT molecular complexity index is 398. The summed E-state index contributed by atoms with van der Waals surface area (Å²) in [6, 6.07) is 0. The standard InChI is InChI=1S/C8H16N3O4P/c1-8(12,16(13,14)15)5-11-4-7(2-3-9)10-6-11/h4,6,12H,2-3,5,9H2,1H3,(H2,13,14,15). The number of hydrogen-bond acceptors (Lipinski definition) is 4. The third-order valence-corrected chi connectivity index (χ3v) is 3.59. The van der Waals surface area contributed by atoms with Crippen molar-refractivity contribution in [3.05, 3.63) is 18.2 Å². The van der Waals surface area contributed by atoms with E-state index in [1.807, 2.05) is 0 Å². The smallest absolute Gasteiger partial charge is 0.358 e. The summed E-state index contributed by atoms with van der Waals surface area (Å²) in [5.41, 5.74) is 6.07. The van der Waals surface area contributed by atoms with Crippen LogP contribution in [0.4, 0.5) is 0 Å². The van der Waals surface area contributed by atoms with Crippen molar-refractivity contribution >= 4 is 7.60 Å². The van der Waals surface area contributed by atoms with Crippen LogP contribution in [0.15, 0.2) is 12.5 Å². The molecule has 0 aliphatic rings. The van der Waals surface area contributed by atoms with Gasteiger partial charge in [0.2, 0.25) is 0 Å². The Morgan fingerprint density at radius 2 is 2.25 bits per heavy atom. The number of nitrogens with two attached hydrogens (primary N) is 1. The van der Waals surface area contributed by atoms with Crippen LogP contribution in [0.25, 0.3) is 0 Å². The van der Waals surface area contributed by atoms with E-state index in [0.717, 1.165) is 12.6 Å². The lowest BCUT2D eigenvalue weighted by Crippen LogP contribution is -2.29. The molecule has 0 bridgehead atoms. The Morgan fingerprint density at radius 1 is 1.62 bits per heavy atom. The Morgan fingerprint density at radius 3 is 2.75 bits per heavy atom. The van der Waals surface area contributed by atoms with E-state index in [4.69, 9.17) is 15.5 Å². The molecule has 16 heavy (non-hydrogen) atoms. The van der Waals surface area contributed by atoms with Crippen molar-refractivity contribution in [2.24, 2.45) is 5.73 Å². The lowest BCUT2D eigenvalue weighted by molar-refractivity contribution is 0.0912. The summed E-state index contributed by atoms with van der Waals surface area (Å²) in [4.78, 5) is 21.8. The molecule has 1 aromatic heterocycles. The molecule has 1 aromatic rings. The minimum absolute atomic E-state index is 0.213. The first-order valence-corrected chi connectivity index (χ1v) is 6.36. The van der Waals surface area contributed by atoms with Gasteiger partial charge in [0.05, 0.1) is 18.6 Å². The van der Waals surface area contributed by atoms with Gasteiger partial charge >= 0.3 is 7.60 Å². The van der Waals surface area contributed by atoms with Crippen LogP contribution in [0.1, 0.15) is 12.6 Å². The normalized spacial score (nSPS) is 16.1. The lowest BCUT2D eigenvalue weighted by atomic mass is 10.3. The van der Waals surface area contributed by atoms with Gasteiger partial charge in [-0.15, -0.1) is 0 Å². The Labute approximate surface area is 93.1 Å². The summed E-state index contributed by atoms with van der Waals surface area (Å²) < 4.78 is 12.4. The van der Waals surface area contributed by atoms with E-state index in [0.29, 0.717) is 13.0 Å². The zero-order valence-corrected chi connectivity index (χ0v) is 9.84. The zero-order chi connectivity index (χ0) is 12.4. The SMILES string of the molecule is CC(O)(Cn1cnc(CCN)c1)P(=O)(O)O. The number of rotatable bonds is 5. The second kappa shape index (κ2) is 4.65. The molecule has 1 atom stereocenters. The quantitative estimate of drug-likeness (QED) is 0.510. The van der Waals surface area contributed by atoms with Crippen LogP contribution in [-0.4, -0.2) is 36.3 Å². The van der Waals surface area contributed by atoms with Crippen LogP contribution in [0.2, 0.25) is 0 Å². The minimum Gasteiger partial charge on any atom is -0.376 e. The zero-order valence-electron chi connectivity index (χ0n) is 8.94. The van der Waals surface area contributed by atoms with Gasteiger partial charge in [0, 0.05) is 12.6 Å². The van der Waals surface area contributed by atoms with Crippen molar-refractivity contribution in [1.29, 1.82) is 0 Å². The minimum atomic E-state index is -4.56. The number of nitrogens with zero attached hydrogens (tertiary/aromatic N) is 2. The third-order valence-electron chi connectivity index (χ3n) is 2.20. The Kier molecular flexibility index (Phi) is 3.88. The van der Waals surface area contributed by atoms with E-state index >= 15 is 0 Å². The van der Waals surface area contributed by atoms with E-state index in [1.54, 1.807) is 6.20 Å². The van der Waals surface area contributed by atoms with Gasteiger partial charge in [0.15, 0.2) is 5.34 Å². The molecule has 8 heteroatoms. The molecule has 92 valence electrons. The number of aromatic nitrogens is 2. The highest BCUT2D eigenvalue weighted by Gasteiger charge is 2.40. The molecule has 0 radical (unpaired) electrons. The maximum atomic E-state index is 11.0. The molecule has 1 heterocycles. The van der Waals surface area contributed by atoms with Gasteiger partial charge in [0.25, 0.3) is 0 Å². The van der Waals surface area contributed by atoms with Gasteiger partial charge in [-0.25, -0.2) is 4.98 Å². The van der Waals surface area contributed by atoms with E-state index in [1.165, 1.54) is 10.9 Å². The van der Waals surface area contributed by atoms with Gasteiger partial charge in [-0.05, 0) is 13.5 Å². The number of imidazole rings is 1. The van der Waals surface area contributed by atoms with Crippen molar-refractivity contribution in [2.45, 2.75) is 25.2 Å². The topological polar surface area (TPSA) is 122 Å². The van der Waals surface area contributed by atoms with E-state index in [9.17, 15) is 9.67 Å². The average Bonchev–Trinajstić information content (AvgIpc) is 2.50. The first-order valence-electron chi connectivity index (χ1n) is 4.75. The highest BCUT2D eigenvalue weighted by atomic mass is 31.2. The molecule has 0 aliphatic heterocycles. The molecule has 0 aliphatic carbocycles. The predicted molar refractivity (Wildman–Crippen MR) is 57.7 cm³/mol. The first kappa shape index (κ1) is 13.3. The molecule has 0 saturated carbocycles. The Balaban J connectivity index is 2.76. The van der Waals surface area contributed by atoms with E-state index in [-0.39, 0.29) is 6.54 Å². The van der Waals surface area contributed by atoms with Gasteiger partial charge in [-0.3, -0.25) is 4.57 Å². The van der Waals surface area contributed by atoms with Crippen molar-refractivity contribution in [2.75, 3.05) is 6.54 Å². The van der Waals surface area contributed by atoms with Gasteiger partial charge < -0.3 is 25.2 Å². The predicted octanol–water partition coefficient (Wildman–Crippen LogP) is -0.730. The largest absolute Gasteiger partial charge is 0.376 e. The third kappa shape index (κ3) is 3.13. The van der Waals surface area contributed by atoms with Crippen LogP contribution in [0.3, 0.4) is 0 Å². The van der Waals surface area contributed by atoms with Crippen molar-refractivity contribution in [3.63, 3.8) is 0 Å². The molecule has 7 nitrogen and oxygen atoms in total. The molecule has 0 fully saturated rings. The van der Waals surface area contributed by atoms with Crippen LogP contribution >= 0.6 is 7.60 Å². The summed E-state index contributed by atoms with van der Waals surface area (Å²) in [6.45, 7) is 1.33. The lowest BCUT2D eigenvalue weighted by Gasteiger charge is -2.24. The molecule has 0 spiro atoms. The van der Waals surface area contributed by atoms with Gasteiger partial charge in [-0.1, -0.05) is 0 Å². The number of hydrogen-bond donors (Lipinski definition) is 4. The van der Waals surface area contributed by atoms with Crippen LogP contribution < -0.4 is 5.73 Å². The summed E-state index contributed by atoms with van der Waals surface area (Å²) in [7, 11) is -4.56. The fourth-order valence-corrected chi connectivity index (χ4v) is 1.56. The van der Waals surface area contributed by atoms with Crippen molar-refractivity contribution < 1.29 is 19.5 Å². The van der Waals surface area contributed by atoms with E-state index in [2.05, 4.69) is 4.98 Å². The summed E-state index contributed by atoms with van der Waals surface area (Å²) in [5.74, 6) is 0. The molecule has 0 amide bonds. The van der Waals surface area contributed by atoms with E-state index < -0.39 is 12.9 Å². The van der Waals surface area contributed by atoms with Gasteiger partial charge in [-0.2, -0.15) is 0 Å². The molecule has 0 aromatic carbocycles. The monoisotopic (exact) mass is 249 g/mol. The Hall–Kier alpha value is -0.720. The first-order chi connectivity index (χ1) is 7.26. The van der Waals surface area contributed by atoms with Crippen molar-refractivity contribution in [3.8, 4) is 0 Å². The van der Waals surface area contributed by atoms with Crippen molar-refractivity contribution in [1.82, 2.24) is 9.55 Å². The fraction of sp³-hybridized carbons (Fsp3) is 0.625. The molecule has 1 unspecified atom stereocenters. The second-order valence-corrected chi connectivity index (χ2v) is 5.89. The van der Waals surface area contributed by atoms with Crippen LogP contribution in [0, 0.1) is 0 Å². The molecule has 0 saturated heterocycles. The second-order valence-electron chi connectivity index (χ2n) is 3.84. The maximum absolute atomic E-state index is 11.0. The number of aliphatic hydroxyl groups is 1. The molecule has 5 N–H and O–H groups in total. The molecular formula is C8H16N3O4P. The molecular weight excluding hydrogens is 233 g/mol. The van der Waals surface area contributed by atoms with Crippen LogP contribution in [0.5, 0.6) is 0 Å². The average molecular weight is 249 g/mol. The van der Waals surface area contributed by atoms with Crippen LogP contribution in [-0.2, 0) is 17.5 Å². The summed E-state index contributed by atoms with van der Waals surface area (Å²) in [6.07, 6.45) is 3.61. The maximum Gasteiger partial charge on any atom is 0.358 e. The fourth-order valence-electron chi connectivity index (χ4n) is 1.21.